The minimum atomic E-state index is -0.587. The average molecular weight is 329 g/mol. The summed E-state index contributed by atoms with van der Waals surface area (Å²) in [5.74, 6) is 5.24. The molecule has 0 atom stereocenters. The molecular weight excluding hydrogens is 319 g/mol. The number of halogens is 2. The van der Waals surface area contributed by atoms with Crippen molar-refractivity contribution in [1.29, 1.82) is 0 Å². The molecule has 110 valence electrons. The molecule has 1 heterocycles. The third kappa shape index (κ3) is 3.30. The second kappa shape index (κ2) is 6.08. The van der Waals surface area contributed by atoms with Crippen LogP contribution in [0.25, 0.3) is 0 Å². The van der Waals surface area contributed by atoms with Crippen LogP contribution in [0.3, 0.4) is 0 Å². The maximum absolute atomic E-state index is 11.2. The predicted octanol–water partition coefficient (Wildman–Crippen LogP) is 3.03. The summed E-state index contributed by atoms with van der Waals surface area (Å²) in [6.45, 7) is 1.48. The highest BCUT2D eigenvalue weighted by Gasteiger charge is 2.22. The van der Waals surface area contributed by atoms with E-state index in [1.807, 2.05) is 0 Å². The van der Waals surface area contributed by atoms with Gasteiger partial charge in [-0.1, -0.05) is 23.2 Å². The molecule has 0 saturated heterocycles. The van der Waals surface area contributed by atoms with E-state index in [0.717, 1.165) is 0 Å². The largest absolute Gasteiger partial charge is 0.333 e. The fourth-order valence-electron chi connectivity index (χ4n) is 1.66. The number of nitrogens with zero attached hydrogens (tertiary/aromatic N) is 3. The number of nitro groups is 1. The van der Waals surface area contributed by atoms with E-state index in [1.165, 1.54) is 13.0 Å². The van der Waals surface area contributed by atoms with Crippen LogP contribution in [0.15, 0.2) is 18.2 Å². The monoisotopic (exact) mass is 328 g/mol. The molecular formula is C11H10Cl2N6O2. The van der Waals surface area contributed by atoms with Gasteiger partial charge in [-0.3, -0.25) is 15.5 Å². The summed E-state index contributed by atoms with van der Waals surface area (Å²) in [7, 11) is 0. The van der Waals surface area contributed by atoms with E-state index in [2.05, 4.69) is 20.7 Å². The molecule has 21 heavy (non-hydrogen) atoms. The molecule has 10 heteroatoms. The first kappa shape index (κ1) is 15.2. The van der Waals surface area contributed by atoms with Gasteiger partial charge in [-0.05, 0) is 25.1 Å². The number of nitrogens with one attached hydrogen (secondary N) is 2. The lowest BCUT2D eigenvalue weighted by atomic mass is 10.3. The number of rotatable bonds is 4. The van der Waals surface area contributed by atoms with E-state index in [4.69, 9.17) is 29.0 Å². The van der Waals surface area contributed by atoms with Crippen molar-refractivity contribution in [2.24, 2.45) is 5.84 Å². The molecule has 4 N–H and O–H groups in total. The van der Waals surface area contributed by atoms with Crippen molar-refractivity contribution < 1.29 is 4.92 Å². The second-order valence-corrected chi connectivity index (χ2v) is 4.82. The third-order valence-corrected chi connectivity index (χ3v) is 3.12. The Kier molecular flexibility index (Phi) is 4.41. The first-order valence-electron chi connectivity index (χ1n) is 5.64. The zero-order chi connectivity index (χ0) is 15.6. The molecule has 2 aromatic rings. The number of hydrazine groups is 1. The molecule has 0 unspecified atom stereocenters. The molecule has 0 aliphatic rings. The van der Waals surface area contributed by atoms with Crippen molar-refractivity contribution in [2.45, 2.75) is 6.92 Å². The highest BCUT2D eigenvalue weighted by molar-refractivity contribution is 6.35. The SMILES string of the molecule is Cc1nc(NN)nc(Nc2cc(Cl)ccc2Cl)c1[N+](=O)[O-]. The summed E-state index contributed by atoms with van der Waals surface area (Å²) in [4.78, 5) is 18.4. The molecule has 8 nitrogen and oxygen atoms in total. The Morgan fingerprint density at radius 3 is 2.67 bits per heavy atom. The van der Waals surface area contributed by atoms with Gasteiger partial charge < -0.3 is 5.32 Å². The lowest BCUT2D eigenvalue weighted by molar-refractivity contribution is -0.385. The van der Waals surface area contributed by atoms with Crippen molar-refractivity contribution in [2.75, 3.05) is 10.7 Å². The van der Waals surface area contributed by atoms with Crippen molar-refractivity contribution in [3.05, 3.63) is 44.1 Å². The normalized spacial score (nSPS) is 10.3. The van der Waals surface area contributed by atoms with Gasteiger partial charge >= 0.3 is 5.69 Å². The first-order chi connectivity index (χ1) is 9.92. The van der Waals surface area contributed by atoms with Crippen LogP contribution in [0.2, 0.25) is 10.0 Å². The molecule has 0 aliphatic carbocycles. The van der Waals surface area contributed by atoms with Crippen LogP contribution in [0, 0.1) is 17.0 Å². The van der Waals surface area contributed by atoms with E-state index < -0.39 is 4.92 Å². The van der Waals surface area contributed by atoms with E-state index >= 15 is 0 Å². The molecule has 2 rings (SSSR count). The highest BCUT2D eigenvalue weighted by atomic mass is 35.5. The summed E-state index contributed by atoms with van der Waals surface area (Å²) in [6, 6.07) is 4.69. The molecule has 0 radical (unpaired) electrons. The molecule has 0 fully saturated rings. The standard InChI is InChI=1S/C11H10Cl2N6O2/c1-5-9(19(20)21)10(17-11(15-5)18-14)16-8-4-6(12)2-3-7(8)13/h2-4H,14H2,1H3,(H2,15,16,17,18). The lowest BCUT2D eigenvalue weighted by Gasteiger charge is -2.10. The van der Waals surface area contributed by atoms with Gasteiger partial charge in [0.05, 0.1) is 15.6 Å². The smallest absolute Gasteiger partial charge is 0.332 e. The van der Waals surface area contributed by atoms with Crippen LogP contribution >= 0.6 is 23.2 Å². The fourth-order valence-corrected chi connectivity index (χ4v) is 2.00. The number of benzene rings is 1. The number of aromatic nitrogens is 2. The Bertz CT molecular complexity index is 709. The van der Waals surface area contributed by atoms with Gasteiger partial charge in [0, 0.05) is 5.02 Å². The van der Waals surface area contributed by atoms with E-state index in [1.54, 1.807) is 12.1 Å². The Hall–Kier alpha value is -2.16. The Morgan fingerprint density at radius 1 is 1.33 bits per heavy atom. The maximum atomic E-state index is 11.2. The molecule has 0 amide bonds. The van der Waals surface area contributed by atoms with Gasteiger partial charge in [0.25, 0.3) is 0 Å². The van der Waals surface area contributed by atoms with Crippen molar-refractivity contribution >= 4 is 46.3 Å². The molecule has 0 saturated carbocycles. The second-order valence-electron chi connectivity index (χ2n) is 3.98. The van der Waals surface area contributed by atoms with Gasteiger partial charge in [-0.2, -0.15) is 4.98 Å². The number of nitrogen functional groups attached to an aromatic ring is 1. The summed E-state index contributed by atoms with van der Waals surface area (Å²) < 4.78 is 0. The van der Waals surface area contributed by atoms with E-state index in [9.17, 15) is 10.1 Å². The quantitative estimate of drug-likeness (QED) is 0.448. The van der Waals surface area contributed by atoms with Crippen molar-refractivity contribution in [3.8, 4) is 0 Å². The maximum Gasteiger partial charge on any atom is 0.332 e. The molecule has 1 aromatic carbocycles. The van der Waals surface area contributed by atoms with Crippen molar-refractivity contribution in [3.63, 3.8) is 0 Å². The predicted molar refractivity (Wildman–Crippen MR) is 81.0 cm³/mol. The van der Waals surface area contributed by atoms with Crippen LogP contribution < -0.4 is 16.6 Å². The van der Waals surface area contributed by atoms with Gasteiger partial charge in [0.15, 0.2) is 0 Å². The van der Waals surface area contributed by atoms with Crippen LogP contribution in [0.1, 0.15) is 5.69 Å². The zero-order valence-electron chi connectivity index (χ0n) is 10.7. The highest BCUT2D eigenvalue weighted by Crippen LogP contribution is 2.33. The van der Waals surface area contributed by atoms with Crippen LogP contribution in [0.5, 0.6) is 0 Å². The van der Waals surface area contributed by atoms with Crippen LogP contribution in [-0.2, 0) is 0 Å². The zero-order valence-corrected chi connectivity index (χ0v) is 12.2. The number of hydrogen-bond donors (Lipinski definition) is 3. The summed E-state index contributed by atoms with van der Waals surface area (Å²) in [6.07, 6.45) is 0. The number of nitrogens with two attached hydrogens (primary N) is 1. The van der Waals surface area contributed by atoms with Crippen LogP contribution in [0.4, 0.5) is 23.1 Å². The van der Waals surface area contributed by atoms with Gasteiger partial charge in [-0.15, -0.1) is 0 Å². The number of aryl methyl sites for hydroxylation is 1. The molecule has 0 spiro atoms. The first-order valence-corrected chi connectivity index (χ1v) is 6.39. The summed E-state index contributed by atoms with van der Waals surface area (Å²) >= 11 is 11.9. The third-order valence-electron chi connectivity index (χ3n) is 2.55. The minimum absolute atomic E-state index is 0.0374. The Balaban J connectivity index is 2.54. The van der Waals surface area contributed by atoms with Gasteiger partial charge in [0.1, 0.15) is 5.69 Å². The topological polar surface area (TPSA) is 119 Å². The average Bonchev–Trinajstić information content (AvgIpc) is 2.41. The minimum Gasteiger partial charge on any atom is -0.333 e. The van der Waals surface area contributed by atoms with Gasteiger partial charge in [0.2, 0.25) is 11.8 Å². The fraction of sp³-hybridized carbons (Fsp3) is 0.0909. The summed E-state index contributed by atoms with van der Waals surface area (Å²) in [5.41, 5.74) is 2.51. The number of hydrogen-bond acceptors (Lipinski definition) is 7. The van der Waals surface area contributed by atoms with E-state index in [0.29, 0.717) is 15.7 Å². The number of anilines is 3. The summed E-state index contributed by atoms with van der Waals surface area (Å²) in [5, 5.41) is 14.7. The van der Waals surface area contributed by atoms with Gasteiger partial charge in [-0.25, -0.2) is 10.8 Å². The van der Waals surface area contributed by atoms with E-state index in [-0.39, 0.29) is 23.1 Å². The Morgan fingerprint density at radius 2 is 2.05 bits per heavy atom. The molecule has 0 aliphatic heterocycles. The Labute approximate surface area is 129 Å². The lowest BCUT2D eigenvalue weighted by Crippen LogP contribution is -2.13. The van der Waals surface area contributed by atoms with Crippen LogP contribution in [-0.4, -0.2) is 14.9 Å². The van der Waals surface area contributed by atoms with Crippen molar-refractivity contribution in [1.82, 2.24) is 9.97 Å². The molecule has 1 aromatic heterocycles. The molecule has 0 bridgehead atoms.